The number of phenols is 1. The van der Waals surface area contributed by atoms with Crippen molar-refractivity contribution < 1.29 is 15.0 Å². The van der Waals surface area contributed by atoms with E-state index in [-0.39, 0.29) is 17.9 Å². The Bertz CT molecular complexity index is 559. The third-order valence-corrected chi connectivity index (χ3v) is 2.48. The van der Waals surface area contributed by atoms with Crippen molar-refractivity contribution in [2.75, 3.05) is 11.9 Å². The van der Waals surface area contributed by atoms with Gasteiger partial charge >= 0.3 is 0 Å². The highest BCUT2D eigenvalue weighted by molar-refractivity contribution is 6.06. The van der Waals surface area contributed by atoms with Gasteiger partial charge in [-0.15, -0.1) is 0 Å². The molecule has 0 bridgehead atoms. The van der Waals surface area contributed by atoms with E-state index in [0.717, 1.165) is 0 Å². The minimum absolute atomic E-state index is 0.0990. The number of aromatic hydroxyl groups is 1. The standard InChI is InChI=1S/C14H17N3O3/c1-9-5-12(19)3-4-13(9)17-14(20)11(6-15)8-16-7-10(2)18/h3-5,8,10,16,18-19H,7H2,1-2H3,(H,17,20)/b11-8-. The van der Waals surface area contributed by atoms with Crippen LogP contribution in [-0.4, -0.2) is 28.8 Å². The lowest BCUT2D eigenvalue weighted by molar-refractivity contribution is -0.112. The van der Waals surface area contributed by atoms with Gasteiger partial charge in [0, 0.05) is 18.4 Å². The van der Waals surface area contributed by atoms with Gasteiger partial charge in [-0.2, -0.15) is 5.26 Å². The zero-order valence-corrected chi connectivity index (χ0v) is 11.3. The molecule has 0 aliphatic heterocycles. The molecule has 1 aromatic rings. The lowest BCUT2D eigenvalue weighted by Crippen LogP contribution is -2.22. The van der Waals surface area contributed by atoms with E-state index in [2.05, 4.69) is 10.6 Å². The highest BCUT2D eigenvalue weighted by atomic mass is 16.3. The molecule has 4 N–H and O–H groups in total. The van der Waals surface area contributed by atoms with Gasteiger partial charge < -0.3 is 20.8 Å². The van der Waals surface area contributed by atoms with Gasteiger partial charge in [-0.05, 0) is 37.6 Å². The first-order chi connectivity index (χ1) is 9.43. The number of aliphatic hydroxyl groups excluding tert-OH is 1. The second-order valence-corrected chi connectivity index (χ2v) is 4.38. The Morgan fingerprint density at radius 2 is 2.25 bits per heavy atom. The molecule has 1 amide bonds. The van der Waals surface area contributed by atoms with Crippen LogP contribution in [0.4, 0.5) is 5.69 Å². The maximum Gasteiger partial charge on any atom is 0.267 e. The first kappa shape index (κ1) is 15.5. The zero-order chi connectivity index (χ0) is 15.1. The number of amides is 1. The minimum Gasteiger partial charge on any atom is -0.508 e. The van der Waals surface area contributed by atoms with Crippen molar-refractivity contribution in [2.24, 2.45) is 0 Å². The molecule has 20 heavy (non-hydrogen) atoms. The van der Waals surface area contributed by atoms with Gasteiger partial charge in [0.2, 0.25) is 0 Å². The van der Waals surface area contributed by atoms with E-state index in [1.54, 1.807) is 26.0 Å². The average Bonchev–Trinajstić information content (AvgIpc) is 2.37. The van der Waals surface area contributed by atoms with Crippen LogP contribution in [0.2, 0.25) is 0 Å². The second-order valence-electron chi connectivity index (χ2n) is 4.38. The van der Waals surface area contributed by atoms with Gasteiger partial charge in [0.25, 0.3) is 5.91 Å². The third-order valence-electron chi connectivity index (χ3n) is 2.48. The summed E-state index contributed by atoms with van der Waals surface area (Å²) in [4.78, 5) is 11.9. The van der Waals surface area contributed by atoms with E-state index in [1.165, 1.54) is 18.3 Å². The number of benzene rings is 1. The van der Waals surface area contributed by atoms with Crippen LogP contribution < -0.4 is 10.6 Å². The van der Waals surface area contributed by atoms with E-state index in [9.17, 15) is 9.90 Å². The van der Waals surface area contributed by atoms with E-state index in [0.29, 0.717) is 11.3 Å². The number of rotatable bonds is 5. The van der Waals surface area contributed by atoms with E-state index in [4.69, 9.17) is 10.4 Å². The summed E-state index contributed by atoms with van der Waals surface area (Å²) in [5, 5.41) is 32.6. The Balaban J connectivity index is 2.75. The molecule has 0 saturated carbocycles. The van der Waals surface area contributed by atoms with Crippen LogP contribution in [0.15, 0.2) is 30.0 Å². The Morgan fingerprint density at radius 1 is 1.55 bits per heavy atom. The molecule has 0 radical (unpaired) electrons. The molecule has 1 atom stereocenters. The smallest absolute Gasteiger partial charge is 0.267 e. The van der Waals surface area contributed by atoms with Crippen LogP contribution in [0.3, 0.4) is 0 Å². The summed E-state index contributed by atoms with van der Waals surface area (Å²) in [6.45, 7) is 3.57. The highest BCUT2D eigenvalue weighted by Crippen LogP contribution is 2.20. The van der Waals surface area contributed by atoms with Crippen molar-refractivity contribution >= 4 is 11.6 Å². The lowest BCUT2D eigenvalue weighted by atomic mass is 10.2. The average molecular weight is 275 g/mol. The number of anilines is 1. The molecule has 6 heteroatoms. The topological polar surface area (TPSA) is 105 Å². The van der Waals surface area contributed by atoms with Gasteiger partial charge in [-0.25, -0.2) is 0 Å². The Hall–Kier alpha value is -2.52. The number of carbonyl (C=O) groups is 1. The fourth-order valence-corrected chi connectivity index (χ4v) is 1.46. The molecule has 1 unspecified atom stereocenters. The van der Waals surface area contributed by atoms with Crippen LogP contribution in [-0.2, 0) is 4.79 Å². The number of nitriles is 1. The second kappa shape index (κ2) is 7.16. The minimum atomic E-state index is -0.575. The number of hydrogen-bond acceptors (Lipinski definition) is 5. The maximum atomic E-state index is 11.9. The summed E-state index contributed by atoms with van der Waals surface area (Å²) in [5.74, 6) is -0.450. The number of aryl methyl sites for hydroxylation is 1. The van der Waals surface area contributed by atoms with Crippen molar-refractivity contribution in [1.29, 1.82) is 5.26 Å². The molecule has 0 fully saturated rings. The summed E-state index contributed by atoms with van der Waals surface area (Å²) in [6, 6.07) is 6.30. The zero-order valence-electron chi connectivity index (χ0n) is 11.3. The number of phenolic OH excluding ortho intramolecular Hbond substituents is 1. The molecule has 0 aromatic heterocycles. The molecule has 0 heterocycles. The van der Waals surface area contributed by atoms with Gasteiger partial charge in [0.15, 0.2) is 0 Å². The SMILES string of the molecule is Cc1cc(O)ccc1NC(=O)/C(C#N)=C\NCC(C)O. The first-order valence-corrected chi connectivity index (χ1v) is 6.06. The Labute approximate surface area is 117 Å². The molecule has 106 valence electrons. The predicted molar refractivity (Wildman–Crippen MR) is 74.9 cm³/mol. The van der Waals surface area contributed by atoms with Crippen molar-refractivity contribution in [3.05, 3.63) is 35.5 Å². The maximum absolute atomic E-state index is 11.9. The van der Waals surface area contributed by atoms with Gasteiger partial charge in [0.1, 0.15) is 17.4 Å². The molecule has 0 aliphatic carbocycles. The summed E-state index contributed by atoms with van der Waals surface area (Å²) in [6.07, 6.45) is 0.686. The van der Waals surface area contributed by atoms with Crippen LogP contribution >= 0.6 is 0 Å². The molecule has 1 rings (SSSR count). The molecule has 6 nitrogen and oxygen atoms in total. The number of carbonyl (C=O) groups excluding carboxylic acids is 1. The van der Waals surface area contributed by atoms with Crippen molar-refractivity contribution in [3.8, 4) is 11.8 Å². The van der Waals surface area contributed by atoms with Gasteiger partial charge in [-0.1, -0.05) is 0 Å². The lowest BCUT2D eigenvalue weighted by Gasteiger charge is -2.08. The van der Waals surface area contributed by atoms with E-state index < -0.39 is 12.0 Å². The van der Waals surface area contributed by atoms with Crippen LogP contribution in [0.1, 0.15) is 12.5 Å². The summed E-state index contributed by atoms with van der Waals surface area (Å²) >= 11 is 0. The van der Waals surface area contributed by atoms with Crippen molar-refractivity contribution in [1.82, 2.24) is 5.32 Å². The van der Waals surface area contributed by atoms with Crippen molar-refractivity contribution in [2.45, 2.75) is 20.0 Å². The molecule has 0 saturated heterocycles. The first-order valence-electron chi connectivity index (χ1n) is 6.06. The fourth-order valence-electron chi connectivity index (χ4n) is 1.46. The fraction of sp³-hybridized carbons (Fsp3) is 0.286. The van der Waals surface area contributed by atoms with E-state index >= 15 is 0 Å². The Morgan fingerprint density at radius 3 is 2.80 bits per heavy atom. The molecule has 0 aliphatic rings. The normalized spacial score (nSPS) is 12.4. The molecule has 0 spiro atoms. The highest BCUT2D eigenvalue weighted by Gasteiger charge is 2.10. The van der Waals surface area contributed by atoms with E-state index in [1.807, 2.05) is 0 Å². The monoisotopic (exact) mass is 275 g/mol. The number of nitrogens with one attached hydrogen (secondary N) is 2. The molecular formula is C14H17N3O3. The predicted octanol–water partition coefficient (Wildman–Crippen LogP) is 1.02. The van der Waals surface area contributed by atoms with Crippen LogP contribution in [0.5, 0.6) is 5.75 Å². The summed E-state index contributed by atoms with van der Waals surface area (Å²) in [5.41, 5.74) is 1.11. The number of nitrogens with zero attached hydrogens (tertiary/aromatic N) is 1. The number of hydrogen-bond donors (Lipinski definition) is 4. The van der Waals surface area contributed by atoms with Crippen molar-refractivity contribution in [3.63, 3.8) is 0 Å². The summed E-state index contributed by atoms with van der Waals surface area (Å²) in [7, 11) is 0. The molecule has 1 aromatic carbocycles. The third kappa shape index (κ3) is 4.63. The van der Waals surface area contributed by atoms with Gasteiger partial charge in [-0.3, -0.25) is 4.79 Å². The summed E-state index contributed by atoms with van der Waals surface area (Å²) < 4.78 is 0. The molecular weight excluding hydrogens is 258 g/mol. The number of aliphatic hydroxyl groups is 1. The van der Waals surface area contributed by atoms with Gasteiger partial charge in [0.05, 0.1) is 6.10 Å². The van der Waals surface area contributed by atoms with Crippen LogP contribution in [0, 0.1) is 18.3 Å². The quantitative estimate of drug-likeness (QED) is 0.365. The van der Waals surface area contributed by atoms with Crippen LogP contribution in [0.25, 0.3) is 0 Å². The largest absolute Gasteiger partial charge is 0.508 e. The Kier molecular flexibility index (Phi) is 5.56.